The van der Waals surface area contributed by atoms with E-state index in [4.69, 9.17) is 9.47 Å². The molecule has 1 aromatic carbocycles. The minimum atomic E-state index is -3.52. The van der Waals surface area contributed by atoms with Crippen molar-refractivity contribution in [2.45, 2.75) is 12.0 Å². The van der Waals surface area contributed by atoms with E-state index in [1.165, 1.54) is 14.2 Å². The molecule has 1 aromatic rings. The van der Waals surface area contributed by atoms with Crippen molar-refractivity contribution in [3.05, 3.63) is 27.8 Å². The number of methoxy groups -OCH3 is 2. The molecular formula is C12H12F2N2O6. The van der Waals surface area contributed by atoms with Gasteiger partial charge in [0.2, 0.25) is 0 Å². The molecule has 120 valence electrons. The van der Waals surface area contributed by atoms with Gasteiger partial charge in [-0.25, -0.2) is 13.6 Å². The van der Waals surface area contributed by atoms with E-state index in [-0.39, 0.29) is 11.5 Å². The SMILES string of the molecule is COc1cc([C@H]2NC(=O)OCC2(F)F)c([N+](=O)[O-])cc1OC. The predicted molar refractivity (Wildman–Crippen MR) is 68.4 cm³/mol. The maximum atomic E-state index is 14.0. The van der Waals surface area contributed by atoms with Crippen LogP contribution in [0, 0.1) is 10.1 Å². The van der Waals surface area contributed by atoms with Crippen LogP contribution in [0.2, 0.25) is 0 Å². The van der Waals surface area contributed by atoms with Gasteiger partial charge < -0.3 is 19.5 Å². The van der Waals surface area contributed by atoms with Gasteiger partial charge in [0.05, 0.1) is 30.8 Å². The summed E-state index contributed by atoms with van der Waals surface area (Å²) in [4.78, 5) is 21.5. The average molecular weight is 318 g/mol. The van der Waals surface area contributed by atoms with Crippen molar-refractivity contribution in [2.24, 2.45) is 0 Å². The van der Waals surface area contributed by atoms with Crippen LogP contribution < -0.4 is 14.8 Å². The summed E-state index contributed by atoms with van der Waals surface area (Å²) in [5.41, 5.74) is -1.02. The van der Waals surface area contributed by atoms with Crippen molar-refractivity contribution in [1.29, 1.82) is 0 Å². The van der Waals surface area contributed by atoms with Gasteiger partial charge in [-0.05, 0) is 6.07 Å². The highest BCUT2D eigenvalue weighted by molar-refractivity contribution is 5.70. The molecule has 0 spiro atoms. The number of alkyl carbamates (subject to hydrolysis) is 1. The number of nitrogens with one attached hydrogen (secondary N) is 1. The normalized spacial score (nSPS) is 19.8. The molecule has 1 aliphatic heterocycles. The number of hydrogen-bond donors (Lipinski definition) is 1. The van der Waals surface area contributed by atoms with Gasteiger partial charge in [-0.1, -0.05) is 0 Å². The van der Waals surface area contributed by atoms with E-state index in [0.717, 1.165) is 12.1 Å². The number of carbonyl (C=O) groups is 1. The molecule has 22 heavy (non-hydrogen) atoms. The van der Waals surface area contributed by atoms with Crippen LogP contribution in [0.15, 0.2) is 12.1 Å². The minimum absolute atomic E-state index is 0.0136. The summed E-state index contributed by atoms with van der Waals surface area (Å²) in [5.74, 6) is -3.47. The molecule has 2 rings (SSSR count). The highest BCUT2D eigenvalue weighted by atomic mass is 19.3. The Kier molecular flexibility index (Phi) is 4.02. The summed E-state index contributed by atoms with van der Waals surface area (Å²) < 4.78 is 42.0. The van der Waals surface area contributed by atoms with Crippen molar-refractivity contribution < 1.29 is 32.7 Å². The van der Waals surface area contributed by atoms with Crippen LogP contribution in [0.25, 0.3) is 0 Å². The number of benzene rings is 1. The molecule has 1 aliphatic rings. The predicted octanol–water partition coefficient (Wildman–Crippen LogP) is 2.03. The summed E-state index contributed by atoms with van der Waals surface area (Å²) in [5, 5.41) is 13.0. The molecule has 1 fully saturated rings. The van der Waals surface area contributed by atoms with Crippen LogP contribution in [0.4, 0.5) is 19.3 Å². The van der Waals surface area contributed by atoms with E-state index in [1.807, 2.05) is 5.32 Å². The fraction of sp³-hybridized carbons (Fsp3) is 0.417. The van der Waals surface area contributed by atoms with Crippen LogP contribution >= 0.6 is 0 Å². The highest BCUT2D eigenvalue weighted by Gasteiger charge is 2.49. The summed E-state index contributed by atoms with van der Waals surface area (Å²) in [6.45, 7) is -1.17. The molecule has 0 saturated carbocycles. The molecule has 8 nitrogen and oxygen atoms in total. The van der Waals surface area contributed by atoms with Crippen molar-refractivity contribution in [3.8, 4) is 11.5 Å². The van der Waals surface area contributed by atoms with Crippen molar-refractivity contribution >= 4 is 11.8 Å². The largest absolute Gasteiger partial charge is 0.493 e. The number of nitro groups is 1. The van der Waals surface area contributed by atoms with Gasteiger partial charge in [0, 0.05) is 0 Å². The monoisotopic (exact) mass is 318 g/mol. The molecule has 0 unspecified atom stereocenters. The van der Waals surface area contributed by atoms with Gasteiger partial charge in [-0.3, -0.25) is 10.1 Å². The molecule has 0 bridgehead atoms. The zero-order chi connectivity index (χ0) is 16.5. The zero-order valence-corrected chi connectivity index (χ0v) is 11.6. The van der Waals surface area contributed by atoms with E-state index in [2.05, 4.69) is 4.74 Å². The Balaban J connectivity index is 2.61. The number of amides is 1. The van der Waals surface area contributed by atoms with E-state index in [1.54, 1.807) is 0 Å². The third kappa shape index (κ3) is 2.71. The lowest BCUT2D eigenvalue weighted by molar-refractivity contribution is -0.386. The van der Waals surface area contributed by atoms with Crippen LogP contribution in [0.5, 0.6) is 11.5 Å². The van der Waals surface area contributed by atoms with Gasteiger partial charge >= 0.3 is 12.0 Å². The van der Waals surface area contributed by atoms with Gasteiger partial charge in [-0.2, -0.15) is 0 Å². The quantitative estimate of drug-likeness (QED) is 0.673. The van der Waals surface area contributed by atoms with Crippen LogP contribution in [0.1, 0.15) is 11.6 Å². The van der Waals surface area contributed by atoms with Crippen molar-refractivity contribution in [2.75, 3.05) is 20.8 Å². The summed E-state index contributed by atoms with van der Waals surface area (Å²) in [6.07, 6.45) is -1.08. The zero-order valence-electron chi connectivity index (χ0n) is 11.6. The molecule has 0 aliphatic carbocycles. The number of hydrogen-bond acceptors (Lipinski definition) is 6. The number of halogens is 2. The van der Waals surface area contributed by atoms with Gasteiger partial charge in [-0.15, -0.1) is 0 Å². The number of cyclic esters (lactones) is 1. The minimum Gasteiger partial charge on any atom is -0.493 e. The first-order chi connectivity index (χ1) is 10.3. The summed E-state index contributed by atoms with van der Waals surface area (Å²) >= 11 is 0. The molecular weight excluding hydrogens is 306 g/mol. The molecule has 1 atom stereocenters. The highest BCUT2D eigenvalue weighted by Crippen LogP contribution is 2.43. The molecule has 1 heterocycles. The first-order valence-corrected chi connectivity index (χ1v) is 6.01. The number of ether oxygens (including phenoxy) is 3. The lowest BCUT2D eigenvalue weighted by Gasteiger charge is -2.31. The van der Waals surface area contributed by atoms with Gasteiger partial charge in [0.25, 0.3) is 5.69 Å². The molecule has 1 N–H and O–H groups in total. The van der Waals surface area contributed by atoms with E-state index in [0.29, 0.717) is 0 Å². The maximum Gasteiger partial charge on any atom is 0.408 e. The maximum absolute atomic E-state index is 14.0. The Morgan fingerprint density at radius 2 is 1.95 bits per heavy atom. The molecule has 10 heteroatoms. The van der Waals surface area contributed by atoms with Crippen molar-refractivity contribution in [1.82, 2.24) is 5.32 Å². The number of nitrogens with zero attached hydrogens (tertiary/aromatic N) is 1. The number of alkyl halides is 2. The Hall–Kier alpha value is -2.65. The molecule has 1 amide bonds. The first-order valence-electron chi connectivity index (χ1n) is 6.01. The molecule has 0 radical (unpaired) electrons. The standard InChI is InChI=1S/C12H12F2N2O6/c1-20-8-3-6(7(16(18)19)4-9(8)21-2)10-12(13,14)5-22-11(17)15-10/h3-4,10H,5H2,1-2H3,(H,15,17)/t10-/m1/s1. The van der Waals surface area contributed by atoms with Crippen LogP contribution in [-0.2, 0) is 4.74 Å². The lowest BCUT2D eigenvalue weighted by Crippen LogP contribution is -2.49. The summed E-state index contributed by atoms with van der Waals surface area (Å²) in [6, 6.07) is 0.0986. The second-order valence-corrected chi connectivity index (χ2v) is 4.44. The van der Waals surface area contributed by atoms with E-state index >= 15 is 0 Å². The Labute approximate surface area is 123 Å². The van der Waals surface area contributed by atoms with E-state index in [9.17, 15) is 23.7 Å². The number of nitro benzene ring substituents is 1. The Bertz CT molecular complexity index is 622. The van der Waals surface area contributed by atoms with Crippen molar-refractivity contribution in [3.63, 3.8) is 0 Å². The average Bonchev–Trinajstić information content (AvgIpc) is 2.48. The molecule has 0 aromatic heterocycles. The third-order valence-electron chi connectivity index (χ3n) is 3.12. The topological polar surface area (TPSA) is 99.9 Å². The Morgan fingerprint density at radius 3 is 2.50 bits per heavy atom. The van der Waals surface area contributed by atoms with E-state index < -0.39 is 40.8 Å². The fourth-order valence-electron chi connectivity index (χ4n) is 2.09. The van der Waals surface area contributed by atoms with Gasteiger partial charge in [0.15, 0.2) is 18.1 Å². The number of rotatable bonds is 4. The lowest BCUT2D eigenvalue weighted by atomic mass is 9.97. The third-order valence-corrected chi connectivity index (χ3v) is 3.12. The summed E-state index contributed by atoms with van der Waals surface area (Å²) in [7, 11) is 2.51. The second-order valence-electron chi connectivity index (χ2n) is 4.44. The molecule has 1 saturated heterocycles. The van der Waals surface area contributed by atoms with Crippen LogP contribution in [0.3, 0.4) is 0 Å². The number of carbonyl (C=O) groups excluding carboxylic acids is 1. The van der Waals surface area contributed by atoms with Crippen LogP contribution in [-0.4, -0.2) is 37.8 Å². The first kappa shape index (κ1) is 15.7. The second kappa shape index (κ2) is 5.62. The van der Waals surface area contributed by atoms with Gasteiger partial charge in [0.1, 0.15) is 6.04 Å². The fourth-order valence-corrected chi connectivity index (χ4v) is 2.09. The Morgan fingerprint density at radius 1 is 1.36 bits per heavy atom. The smallest absolute Gasteiger partial charge is 0.408 e.